The Labute approximate surface area is 104 Å². The minimum Gasteiger partial charge on any atom is -0.442 e. The Morgan fingerprint density at radius 2 is 2.00 bits per heavy atom. The lowest BCUT2D eigenvalue weighted by Crippen LogP contribution is -2.30. The van der Waals surface area contributed by atoms with E-state index in [0.29, 0.717) is 0 Å². The average molecular weight is 235 g/mol. The minimum atomic E-state index is -0.856. The summed E-state index contributed by atoms with van der Waals surface area (Å²) in [5.74, 6) is 5.78. The van der Waals surface area contributed by atoms with Gasteiger partial charge >= 0.3 is 5.97 Å². The van der Waals surface area contributed by atoms with E-state index in [2.05, 4.69) is 23.3 Å². The highest BCUT2D eigenvalue weighted by molar-refractivity contribution is 5.67. The fourth-order valence-corrected chi connectivity index (χ4v) is 1.77. The van der Waals surface area contributed by atoms with Gasteiger partial charge in [-0.3, -0.25) is 9.69 Å². The zero-order valence-corrected chi connectivity index (χ0v) is 11.0. The maximum Gasteiger partial charge on any atom is 0.304 e. The van der Waals surface area contributed by atoms with E-state index in [1.54, 1.807) is 6.92 Å². The Morgan fingerprint density at radius 3 is 2.47 bits per heavy atom. The first-order valence-electron chi connectivity index (χ1n) is 6.02. The summed E-state index contributed by atoms with van der Waals surface area (Å²) in [4.78, 5) is 13.3. The van der Waals surface area contributed by atoms with Gasteiger partial charge in [-0.1, -0.05) is 12.5 Å². The number of likely N-dealkylation sites (tertiary alicyclic amines) is 1. The molecular weight excluding hydrogens is 214 g/mol. The SMILES string of the molecule is C=C(C)[C@](C)(C#CCN1CCCC1)OC(C)=O. The van der Waals surface area contributed by atoms with Crippen LogP contribution in [0, 0.1) is 11.8 Å². The highest BCUT2D eigenvalue weighted by Crippen LogP contribution is 2.18. The third-order valence-corrected chi connectivity index (χ3v) is 2.99. The molecule has 3 heteroatoms. The lowest BCUT2D eigenvalue weighted by molar-refractivity contribution is -0.147. The Kier molecular flexibility index (Phi) is 4.77. The monoisotopic (exact) mass is 235 g/mol. The van der Waals surface area contributed by atoms with Gasteiger partial charge < -0.3 is 4.74 Å². The lowest BCUT2D eigenvalue weighted by atomic mass is 9.99. The van der Waals surface area contributed by atoms with E-state index >= 15 is 0 Å². The number of nitrogens with zero attached hydrogens (tertiary/aromatic N) is 1. The summed E-state index contributed by atoms with van der Waals surface area (Å²) in [6, 6.07) is 0. The molecule has 0 aromatic heterocycles. The van der Waals surface area contributed by atoms with Crippen LogP contribution in [0.4, 0.5) is 0 Å². The number of carbonyl (C=O) groups excluding carboxylic acids is 1. The van der Waals surface area contributed by atoms with Crippen LogP contribution in [-0.4, -0.2) is 36.1 Å². The molecule has 1 aliphatic heterocycles. The standard InChI is InChI=1S/C14H21NO2/c1-12(2)14(4,17-13(3)16)8-7-11-15-9-5-6-10-15/h1,5-6,9-11H2,2-4H3/t14-/m0/s1. The first kappa shape index (κ1) is 13.8. The van der Waals surface area contributed by atoms with Crippen molar-refractivity contribution in [3.63, 3.8) is 0 Å². The molecule has 0 spiro atoms. The maximum absolute atomic E-state index is 11.0. The van der Waals surface area contributed by atoms with Crippen LogP contribution in [0.15, 0.2) is 12.2 Å². The summed E-state index contributed by atoms with van der Waals surface area (Å²) >= 11 is 0. The van der Waals surface area contributed by atoms with Crippen molar-refractivity contribution in [2.75, 3.05) is 19.6 Å². The van der Waals surface area contributed by atoms with E-state index in [-0.39, 0.29) is 5.97 Å². The first-order chi connectivity index (χ1) is 7.94. The van der Waals surface area contributed by atoms with Crippen LogP contribution < -0.4 is 0 Å². The van der Waals surface area contributed by atoms with Crippen LogP contribution in [0.25, 0.3) is 0 Å². The molecule has 0 aromatic rings. The first-order valence-corrected chi connectivity index (χ1v) is 6.02. The summed E-state index contributed by atoms with van der Waals surface area (Å²) in [5.41, 5.74) is -0.104. The van der Waals surface area contributed by atoms with Gasteiger partial charge in [0.25, 0.3) is 0 Å². The third-order valence-electron chi connectivity index (χ3n) is 2.99. The van der Waals surface area contributed by atoms with Crippen molar-refractivity contribution < 1.29 is 9.53 Å². The van der Waals surface area contributed by atoms with Crippen molar-refractivity contribution in [3.05, 3.63) is 12.2 Å². The highest BCUT2D eigenvalue weighted by atomic mass is 16.6. The van der Waals surface area contributed by atoms with E-state index < -0.39 is 5.60 Å². The van der Waals surface area contributed by atoms with E-state index in [1.165, 1.54) is 19.8 Å². The molecule has 0 aromatic carbocycles. The van der Waals surface area contributed by atoms with Crippen LogP contribution >= 0.6 is 0 Å². The minimum absolute atomic E-state index is 0.328. The van der Waals surface area contributed by atoms with Gasteiger partial charge in [0.15, 0.2) is 5.60 Å². The number of esters is 1. The molecule has 1 heterocycles. The zero-order chi connectivity index (χ0) is 12.9. The Balaban J connectivity index is 2.62. The molecule has 0 saturated carbocycles. The second-order valence-electron chi connectivity index (χ2n) is 4.69. The quantitative estimate of drug-likeness (QED) is 0.425. The lowest BCUT2D eigenvalue weighted by Gasteiger charge is -2.23. The molecule has 0 amide bonds. The van der Waals surface area contributed by atoms with E-state index in [0.717, 1.165) is 25.2 Å². The van der Waals surface area contributed by atoms with Crippen LogP contribution in [0.3, 0.4) is 0 Å². The largest absolute Gasteiger partial charge is 0.442 e. The molecule has 1 rings (SSSR count). The van der Waals surface area contributed by atoms with Gasteiger partial charge in [0.2, 0.25) is 0 Å². The van der Waals surface area contributed by atoms with Crippen molar-refractivity contribution in [2.24, 2.45) is 0 Å². The predicted molar refractivity (Wildman–Crippen MR) is 68.4 cm³/mol. The Hall–Kier alpha value is -1.27. The average Bonchev–Trinajstić information content (AvgIpc) is 2.69. The molecule has 0 unspecified atom stereocenters. The van der Waals surface area contributed by atoms with E-state index in [4.69, 9.17) is 4.74 Å². The number of rotatable bonds is 3. The smallest absolute Gasteiger partial charge is 0.304 e. The summed E-state index contributed by atoms with van der Waals surface area (Å²) in [6.45, 7) is 11.8. The van der Waals surface area contributed by atoms with Crippen LogP contribution in [0.2, 0.25) is 0 Å². The normalized spacial score (nSPS) is 19.0. The molecule has 0 aliphatic carbocycles. The summed E-state index contributed by atoms with van der Waals surface area (Å²) in [7, 11) is 0. The van der Waals surface area contributed by atoms with Gasteiger partial charge in [0.1, 0.15) is 0 Å². The predicted octanol–water partition coefficient (Wildman–Crippen LogP) is 1.98. The molecule has 0 radical (unpaired) electrons. The molecule has 0 N–H and O–H groups in total. The van der Waals surface area contributed by atoms with Gasteiger partial charge in [-0.25, -0.2) is 0 Å². The van der Waals surface area contributed by atoms with Gasteiger partial charge in [-0.2, -0.15) is 0 Å². The fourth-order valence-electron chi connectivity index (χ4n) is 1.77. The second-order valence-corrected chi connectivity index (χ2v) is 4.69. The van der Waals surface area contributed by atoms with Crippen molar-refractivity contribution >= 4 is 5.97 Å². The molecule has 1 saturated heterocycles. The van der Waals surface area contributed by atoms with Gasteiger partial charge in [-0.15, -0.1) is 0 Å². The topological polar surface area (TPSA) is 29.5 Å². The molecule has 3 nitrogen and oxygen atoms in total. The molecular formula is C14H21NO2. The van der Waals surface area contributed by atoms with Crippen LogP contribution in [-0.2, 0) is 9.53 Å². The van der Waals surface area contributed by atoms with Crippen molar-refractivity contribution in [1.29, 1.82) is 0 Å². The molecule has 94 valence electrons. The van der Waals surface area contributed by atoms with Crippen LogP contribution in [0.1, 0.15) is 33.6 Å². The van der Waals surface area contributed by atoms with Crippen LogP contribution in [0.5, 0.6) is 0 Å². The molecule has 0 bridgehead atoms. The van der Waals surface area contributed by atoms with E-state index in [1.807, 2.05) is 6.92 Å². The molecule has 17 heavy (non-hydrogen) atoms. The van der Waals surface area contributed by atoms with Gasteiger partial charge in [-0.05, 0) is 51.3 Å². The van der Waals surface area contributed by atoms with Gasteiger partial charge in [0, 0.05) is 6.92 Å². The zero-order valence-electron chi connectivity index (χ0n) is 11.0. The number of ether oxygens (including phenoxy) is 1. The summed E-state index contributed by atoms with van der Waals surface area (Å²) < 4.78 is 5.23. The number of carbonyl (C=O) groups is 1. The Morgan fingerprint density at radius 1 is 1.41 bits per heavy atom. The fraction of sp³-hybridized carbons (Fsp3) is 0.643. The van der Waals surface area contributed by atoms with E-state index in [9.17, 15) is 4.79 Å². The van der Waals surface area contributed by atoms with Gasteiger partial charge in [0.05, 0.1) is 6.54 Å². The molecule has 1 atom stereocenters. The summed E-state index contributed by atoms with van der Waals surface area (Å²) in [6.07, 6.45) is 2.51. The number of hydrogen-bond donors (Lipinski definition) is 0. The molecule has 1 aliphatic rings. The van der Waals surface area contributed by atoms with Crippen molar-refractivity contribution in [2.45, 2.75) is 39.2 Å². The summed E-state index contributed by atoms with van der Waals surface area (Å²) in [5, 5.41) is 0. The maximum atomic E-state index is 11.0. The van der Waals surface area contributed by atoms with Crippen molar-refractivity contribution in [1.82, 2.24) is 4.90 Å². The Bertz CT molecular complexity index is 358. The highest BCUT2D eigenvalue weighted by Gasteiger charge is 2.26. The number of hydrogen-bond acceptors (Lipinski definition) is 3. The van der Waals surface area contributed by atoms with Crippen molar-refractivity contribution in [3.8, 4) is 11.8 Å². The third kappa shape index (κ3) is 4.24. The molecule has 1 fully saturated rings. The second kappa shape index (κ2) is 5.88.